The van der Waals surface area contributed by atoms with Crippen molar-refractivity contribution in [2.45, 2.75) is 26.1 Å². The normalized spacial score (nSPS) is 28.1. The minimum absolute atomic E-state index is 0.160. The summed E-state index contributed by atoms with van der Waals surface area (Å²) in [4.78, 5) is 0. The van der Waals surface area contributed by atoms with Gasteiger partial charge in [0.25, 0.3) is 0 Å². The number of epoxide rings is 1. The molecule has 2 heteroatoms. The zero-order valence-electron chi connectivity index (χ0n) is 6.29. The van der Waals surface area contributed by atoms with Crippen molar-refractivity contribution in [1.82, 2.24) is 0 Å². The van der Waals surface area contributed by atoms with Crippen molar-refractivity contribution in [3.63, 3.8) is 0 Å². The summed E-state index contributed by atoms with van der Waals surface area (Å²) in [5.74, 6) is 5.53. The van der Waals surface area contributed by atoms with Crippen LogP contribution in [-0.4, -0.2) is 23.9 Å². The molecule has 3 atom stereocenters. The van der Waals surface area contributed by atoms with E-state index >= 15 is 0 Å². The van der Waals surface area contributed by atoms with Crippen LogP contribution in [0.25, 0.3) is 0 Å². The van der Waals surface area contributed by atoms with E-state index in [0.29, 0.717) is 0 Å². The van der Waals surface area contributed by atoms with Gasteiger partial charge in [-0.15, -0.1) is 5.92 Å². The highest BCUT2D eigenvalue weighted by Crippen LogP contribution is 2.22. The van der Waals surface area contributed by atoms with Gasteiger partial charge in [0.1, 0.15) is 6.10 Å². The van der Waals surface area contributed by atoms with Crippen LogP contribution in [-0.2, 0) is 4.74 Å². The number of ether oxygens (including phenoxy) is 1. The van der Waals surface area contributed by atoms with Crippen molar-refractivity contribution in [3.8, 4) is 11.8 Å². The zero-order chi connectivity index (χ0) is 7.56. The number of hydrogen-bond donors (Lipinski definition) is 1. The SMILES string of the molecule is CC#CC(O)C(C)C1CO1. The summed E-state index contributed by atoms with van der Waals surface area (Å²) in [7, 11) is 0. The second-order valence-electron chi connectivity index (χ2n) is 2.57. The minimum atomic E-state index is -0.516. The van der Waals surface area contributed by atoms with Gasteiger partial charge in [0, 0.05) is 5.92 Å². The van der Waals surface area contributed by atoms with Crippen LogP contribution in [0.2, 0.25) is 0 Å². The Kier molecular flexibility index (Phi) is 2.31. The molecule has 0 saturated carbocycles. The molecule has 1 N–H and O–H groups in total. The topological polar surface area (TPSA) is 32.8 Å². The quantitative estimate of drug-likeness (QED) is 0.445. The van der Waals surface area contributed by atoms with E-state index in [1.807, 2.05) is 6.92 Å². The summed E-state index contributed by atoms with van der Waals surface area (Å²) in [6, 6.07) is 0. The first-order valence-electron chi connectivity index (χ1n) is 3.47. The van der Waals surface area contributed by atoms with Crippen LogP contribution < -0.4 is 0 Å². The molecule has 2 nitrogen and oxygen atoms in total. The Morgan fingerprint density at radius 1 is 1.70 bits per heavy atom. The van der Waals surface area contributed by atoms with E-state index in [9.17, 15) is 5.11 Å². The van der Waals surface area contributed by atoms with E-state index in [4.69, 9.17) is 4.74 Å². The Labute approximate surface area is 61.2 Å². The van der Waals surface area contributed by atoms with Crippen molar-refractivity contribution in [2.75, 3.05) is 6.61 Å². The van der Waals surface area contributed by atoms with Gasteiger partial charge in [0.05, 0.1) is 12.7 Å². The van der Waals surface area contributed by atoms with Gasteiger partial charge in [0.2, 0.25) is 0 Å². The molecule has 0 aromatic carbocycles. The number of hydrogen-bond acceptors (Lipinski definition) is 2. The van der Waals surface area contributed by atoms with Crippen LogP contribution in [0.4, 0.5) is 0 Å². The average Bonchev–Trinajstić information content (AvgIpc) is 2.68. The molecule has 1 aliphatic heterocycles. The zero-order valence-corrected chi connectivity index (χ0v) is 6.29. The fraction of sp³-hybridized carbons (Fsp3) is 0.750. The van der Waals surface area contributed by atoms with Crippen molar-refractivity contribution in [2.24, 2.45) is 5.92 Å². The molecular weight excluding hydrogens is 128 g/mol. The lowest BCUT2D eigenvalue weighted by Gasteiger charge is -2.09. The van der Waals surface area contributed by atoms with E-state index in [1.165, 1.54) is 0 Å². The fourth-order valence-electron chi connectivity index (χ4n) is 0.842. The van der Waals surface area contributed by atoms with E-state index in [-0.39, 0.29) is 12.0 Å². The Morgan fingerprint density at radius 2 is 2.30 bits per heavy atom. The first-order valence-corrected chi connectivity index (χ1v) is 3.47. The summed E-state index contributed by atoms with van der Waals surface area (Å²) in [6.45, 7) is 4.46. The third-order valence-electron chi connectivity index (χ3n) is 1.74. The molecular formula is C8H12O2. The Hall–Kier alpha value is -0.520. The van der Waals surface area contributed by atoms with Gasteiger partial charge in [-0.3, -0.25) is 0 Å². The summed E-state index contributed by atoms with van der Waals surface area (Å²) < 4.78 is 5.01. The van der Waals surface area contributed by atoms with Gasteiger partial charge in [-0.1, -0.05) is 12.8 Å². The maximum absolute atomic E-state index is 9.27. The van der Waals surface area contributed by atoms with Crippen LogP contribution >= 0.6 is 0 Å². The van der Waals surface area contributed by atoms with Gasteiger partial charge in [0.15, 0.2) is 0 Å². The average molecular weight is 140 g/mol. The van der Waals surface area contributed by atoms with Gasteiger partial charge in [-0.05, 0) is 6.92 Å². The second kappa shape index (κ2) is 3.05. The number of rotatable bonds is 2. The van der Waals surface area contributed by atoms with Crippen molar-refractivity contribution < 1.29 is 9.84 Å². The van der Waals surface area contributed by atoms with Crippen LogP contribution in [0.5, 0.6) is 0 Å². The molecule has 1 heterocycles. The molecule has 1 rings (SSSR count). The summed E-state index contributed by atoms with van der Waals surface area (Å²) >= 11 is 0. The molecule has 3 unspecified atom stereocenters. The highest BCUT2D eigenvalue weighted by molar-refractivity contribution is 5.05. The lowest BCUT2D eigenvalue weighted by atomic mass is 10.0. The molecule has 10 heavy (non-hydrogen) atoms. The van der Waals surface area contributed by atoms with Crippen LogP contribution in [0, 0.1) is 17.8 Å². The predicted octanol–water partition coefficient (Wildman–Crippen LogP) is 0.406. The highest BCUT2D eigenvalue weighted by Gasteiger charge is 2.33. The predicted molar refractivity (Wildman–Crippen MR) is 38.4 cm³/mol. The maximum Gasteiger partial charge on any atom is 0.119 e. The maximum atomic E-state index is 9.27. The Morgan fingerprint density at radius 3 is 2.70 bits per heavy atom. The number of aliphatic hydroxyl groups is 1. The Balaban J connectivity index is 2.35. The van der Waals surface area contributed by atoms with Gasteiger partial charge < -0.3 is 9.84 Å². The van der Waals surface area contributed by atoms with Gasteiger partial charge >= 0.3 is 0 Å². The minimum Gasteiger partial charge on any atom is -0.380 e. The molecule has 1 fully saturated rings. The van der Waals surface area contributed by atoms with Gasteiger partial charge in [-0.2, -0.15) is 0 Å². The standard InChI is InChI=1S/C8H12O2/c1-3-4-7(9)6(2)8-5-10-8/h6-9H,5H2,1-2H3. The largest absolute Gasteiger partial charge is 0.380 e. The van der Waals surface area contributed by atoms with E-state index < -0.39 is 6.10 Å². The molecule has 0 spiro atoms. The molecule has 0 radical (unpaired) electrons. The first-order chi connectivity index (χ1) is 4.75. The lowest BCUT2D eigenvalue weighted by molar-refractivity contribution is 0.148. The van der Waals surface area contributed by atoms with Crippen LogP contribution in [0.1, 0.15) is 13.8 Å². The van der Waals surface area contributed by atoms with Gasteiger partial charge in [-0.25, -0.2) is 0 Å². The molecule has 1 saturated heterocycles. The summed E-state index contributed by atoms with van der Waals surface area (Å²) in [5, 5.41) is 9.27. The Bertz CT molecular complexity index is 162. The summed E-state index contributed by atoms with van der Waals surface area (Å²) in [5.41, 5.74) is 0. The molecule has 56 valence electrons. The third kappa shape index (κ3) is 1.73. The molecule has 0 aromatic rings. The molecule has 0 bridgehead atoms. The third-order valence-corrected chi connectivity index (χ3v) is 1.74. The number of aliphatic hydroxyl groups excluding tert-OH is 1. The summed E-state index contributed by atoms with van der Waals surface area (Å²) in [6.07, 6.45) is -0.270. The van der Waals surface area contributed by atoms with Crippen molar-refractivity contribution in [3.05, 3.63) is 0 Å². The fourth-order valence-corrected chi connectivity index (χ4v) is 0.842. The monoisotopic (exact) mass is 140 g/mol. The van der Waals surface area contributed by atoms with Crippen LogP contribution in [0.3, 0.4) is 0 Å². The van der Waals surface area contributed by atoms with E-state index in [1.54, 1.807) is 6.92 Å². The van der Waals surface area contributed by atoms with Crippen molar-refractivity contribution in [1.29, 1.82) is 0 Å². The molecule has 0 amide bonds. The second-order valence-corrected chi connectivity index (χ2v) is 2.57. The highest BCUT2D eigenvalue weighted by atomic mass is 16.6. The molecule has 1 aliphatic rings. The van der Waals surface area contributed by atoms with Crippen molar-refractivity contribution >= 4 is 0 Å². The molecule has 0 aliphatic carbocycles. The lowest BCUT2D eigenvalue weighted by Crippen LogP contribution is -2.20. The molecule has 0 aromatic heterocycles. The van der Waals surface area contributed by atoms with Crippen LogP contribution in [0.15, 0.2) is 0 Å². The van der Waals surface area contributed by atoms with E-state index in [2.05, 4.69) is 11.8 Å². The smallest absolute Gasteiger partial charge is 0.119 e. The van der Waals surface area contributed by atoms with E-state index in [0.717, 1.165) is 6.61 Å². The first kappa shape index (κ1) is 7.59.